The van der Waals surface area contributed by atoms with Gasteiger partial charge in [0.25, 0.3) is 0 Å². The molecule has 0 saturated carbocycles. The smallest absolute Gasteiger partial charge is 0.244 e. The number of benzene rings is 2. The minimum Gasteiger partial charge on any atom is -0.354 e. The number of hydrogen-bond donors (Lipinski definition) is 1. The van der Waals surface area contributed by atoms with Crippen LogP contribution < -0.4 is 9.62 Å². The number of nitrogens with one attached hydrogen (secondary N) is 1. The van der Waals surface area contributed by atoms with Crippen LogP contribution in [0.2, 0.25) is 0 Å². The van der Waals surface area contributed by atoms with Gasteiger partial charge in [-0.05, 0) is 49.2 Å². The second kappa shape index (κ2) is 11.8. The van der Waals surface area contributed by atoms with Gasteiger partial charge in [0, 0.05) is 22.0 Å². The van der Waals surface area contributed by atoms with Gasteiger partial charge in [0.15, 0.2) is 0 Å². The van der Waals surface area contributed by atoms with E-state index in [0.29, 0.717) is 16.7 Å². The molecule has 0 bridgehead atoms. The summed E-state index contributed by atoms with van der Waals surface area (Å²) < 4.78 is 27.6. The van der Waals surface area contributed by atoms with Gasteiger partial charge in [-0.1, -0.05) is 57.0 Å². The number of nitrogens with zero attached hydrogens (tertiary/aromatic N) is 2. The highest BCUT2D eigenvalue weighted by molar-refractivity contribution is 9.10. The lowest BCUT2D eigenvalue weighted by molar-refractivity contribution is -0.139. The third-order valence-electron chi connectivity index (χ3n) is 4.73. The van der Waals surface area contributed by atoms with Crippen molar-refractivity contribution >= 4 is 59.4 Å². The van der Waals surface area contributed by atoms with Gasteiger partial charge in [-0.3, -0.25) is 13.9 Å². The van der Waals surface area contributed by atoms with Crippen molar-refractivity contribution in [2.75, 3.05) is 23.7 Å². The first kappa shape index (κ1) is 26.3. The fourth-order valence-electron chi connectivity index (χ4n) is 3.06. The van der Waals surface area contributed by atoms with E-state index in [0.717, 1.165) is 27.0 Å². The lowest BCUT2D eigenvalue weighted by Crippen LogP contribution is -2.51. The predicted molar refractivity (Wildman–Crippen MR) is 134 cm³/mol. The molecule has 0 aliphatic heterocycles. The summed E-state index contributed by atoms with van der Waals surface area (Å²) in [6.07, 6.45) is 1.82. The number of carbonyl (C=O) groups excluding carboxylic acids is 2. The summed E-state index contributed by atoms with van der Waals surface area (Å²) in [6.45, 7) is 3.82. The minimum atomic E-state index is -3.75. The van der Waals surface area contributed by atoms with Crippen LogP contribution in [0.15, 0.2) is 57.5 Å². The molecule has 1 N–H and O–H groups in total. The normalized spacial score (nSPS) is 12.2. The number of halogens is 2. The SMILES string of the molecule is CCCNC(=O)C(C)N(Cc1cccc(Br)c1)C(=O)CN(c1cccc(Br)c1)S(C)(=O)=O. The van der Waals surface area contributed by atoms with Gasteiger partial charge in [-0.15, -0.1) is 0 Å². The molecular weight excluding hydrogens is 562 g/mol. The molecule has 0 aliphatic carbocycles. The van der Waals surface area contributed by atoms with Crippen LogP contribution >= 0.6 is 31.9 Å². The second-order valence-corrected chi connectivity index (χ2v) is 11.1. The molecule has 0 saturated heterocycles. The van der Waals surface area contributed by atoms with Crippen LogP contribution in [0.3, 0.4) is 0 Å². The standard InChI is InChI=1S/C22H27Br2N3O4S/c1-4-11-25-22(29)16(2)26(14-17-7-5-8-18(23)12-17)21(28)15-27(32(3,30)31)20-10-6-9-19(24)13-20/h5-10,12-13,16H,4,11,14-15H2,1-3H3,(H,25,29). The monoisotopic (exact) mass is 587 g/mol. The van der Waals surface area contributed by atoms with Crippen LogP contribution in [0.5, 0.6) is 0 Å². The van der Waals surface area contributed by atoms with E-state index >= 15 is 0 Å². The van der Waals surface area contributed by atoms with Crippen LogP contribution in [0, 0.1) is 0 Å². The maximum atomic E-state index is 13.4. The first-order chi connectivity index (χ1) is 15.0. The van der Waals surface area contributed by atoms with Gasteiger partial charge < -0.3 is 10.2 Å². The summed E-state index contributed by atoms with van der Waals surface area (Å²) >= 11 is 6.75. The zero-order chi connectivity index (χ0) is 23.9. The van der Waals surface area contributed by atoms with E-state index in [1.54, 1.807) is 31.2 Å². The van der Waals surface area contributed by atoms with Crippen molar-refractivity contribution in [3.8, 4) is 0 Å². The molecule has 10 heteroatoms. The Hall–Kier alpha value is -1.91. The average molecular weight is 589 g/mol. The summed E-state index contributed by atoms with van der Waals surface area (Å²) in [5.41, 5.74) is 1.18. The van der Waals surface area contributed by atoms with Crippen molar-refractivity contribution in [3.05, 3.63) is 63.0 Å². The number of carbonyl (C=O) groups is 2. The van der Waals surface area contributed by atoms with Gasteiger partial charge >= 0.3 is 0 Å². The fourth-order valence-corrected chi connectivity index (χ4v) is 4.73. The number of rotatable bonds is 10. The largest absolute Gasteiger partial charge is 0.354 e. The molecule has 2 aromatic rings. The zero-order valence-electron chi connectivity index (χ0n) is 18.2. The van der Waals surface area contributed by atoms with Crippen molar-refractivity contribution in [3.63, 3.8) is 0 Å². The third-order valence-corrected chi connectivity index (χ3v) is 6.86. The molecule has 0 spiro atoms. The highest BCUT2D eigenvalue weighted by Crippen LogP contribution is 2.23. The van der Waals surface area contributed by atoms with Crippen LogP contribution in [-0.2, 0) is 26.2 Å². The Morgan fingerprint density at radius 3 is 2.25 bits per heavy atom. The topological polar surface area (TPSA) is 86.8 Å². The molecule has 32 heavy (non-hydrogen) atoms. The maximum Gasteiger partial charge on any atom is 0.244 e. The number of amides is 2. The molecule has 2 rings (SSSR count). The van der Waals surface area contributed by atoms with Gasteiger partial charge in [-0.2, -0.15) is 0 Å². The van der Waals surface area contributed by atoms with Crippen LogP contribution in [-0.4, -0.2) is 50.5 Å². The summed E-state index contributed by atoms with van der Waals surface area (Å²) in [4.78, 5) is 27.4. The Kier molecular flexibility index (Phi) is 9.72. The van der Waals surface area contributed by atoms with Crippen LogP contribution in [0.1, 0.15) is 25.8 Å². The Balaban J connectivity index is 2.37. The van der Waals surface area contributed by atoms with E-state index in [1.807, 2.05) is 31.2 Å². The van der Waals surface area contributed by atoms with Gasteiger partial charge in [-0.25, -0.2) is 8.42 Å². The van der Waals surface area contributed by atoms with Crippen LogP contribution in [0.4, 0.5) is 5.69 Å². The molecule has 0 aliphatic rings. The summed E-state index contributed by atoms with van der Waals surface area (Å²) in [6, 6.07) is 13.4. The van der Waals surface area contributed by atoms with Crippen molar-refractivity contribution in [2.24, 2.45) is 0 Å². The van der Waals surface area contributed by atoms with Gasteiger partial charge in [0.05, 0.1) is 11.9 Å². The molecular formula is C22H27Br2N3O4S. The van der Waals surface area contributed by atoms with Gasteiger partial charge in [0.2, 0.25) is 21.8 Å². The number of anilines is 1. The molecule has 2 aromatic carbocycles. The highest BCUT2D eigenvalue weighted by atomic mass is 79.9. The lowest BCUT2D eigenvalue weighted by Gasteiger charge is -2.31. The molecule has 0 heterocycles. The molecule has 0 aromatic heterocycles. The summed E-state index contributed by atoms with van der Waals surface area (Å²) in [7, 11) is -3.75. The second-order valence-electron chi connectivity index (χ2n) is 7.37. The highest BCUT2D eigenvalue weighted by Gasteiger charge is 2.30. The quantitative estimate of drug-likeness (QED) is 0.456. The van der Waals surface area contributed by atoms with E-state index in [-0.39, 0.29) is 12.5 Å². The average Bonchev–Trinajstić information content (AvgIpc) is 2.72. The van der Waals surface area contributed by atoms with E-state index in [2.05, 4.69) is 37.2 Å². The van der Waals surface area contributed by atoms with E-state index in [1.165, 1.54) is 4.90 Å². The molecule has 7 nitrogen and oxygen atoms in total. The van der Waals surface area contributed by atoms with E-state index in [4.69, 9.17) is 0 Å². The first-order valence-electron chi connectivity index (χ1n) is 10.1. The van der Waals surface area contributed by atoms with Crippen LogP contribution in [0.25, 0.3) is 0 Å². The lowest BCUT2D eigenvalue weighted by atomic mass is 10.1. The Morgan fingerprint density at radius 2 is 1.69 bits per heavy atom. The minimum absolute atomic E-state index is 0.162. The maximum absolute atomic E-state index is 13.4. The Labute approximate surface area is 206 Å². The molecule has 174 valence electrons. The molecule has 2 amide bonds. The predicted octanol–water partition coefficient (Wildman–Crippen LogP) is 3.92. The van der Waals surface area contributed by atoms with Crippen molar-refractivity contribution in [2.45, 2.75) is 32.9 Å². The summed E-state index contributed by atoms with van der Waals surface area (Å²) in [5, 5.41) is 2.81. The number of hydrogen-bond acceptors (Lipinski definition) is 4. The first-order valence-corrected chi connectivity index (χ1v) is 13.5. The van der Waals surface area contributed by atoms with Crippen molar-refractivity contribution in [1.82, 2.24) is 10.2 Å². The Morgan fingerprint density at radius 1 is 1.06 bits per heavy atom. The van der Waals surface area contributed by atoms with E-state index < -0.39 is 28.5 Å². The molecule has 1 atom stereocenters. The van der Waals surface area contributed by atoms with E-state index in [9.17, 15) is 18.0 Å². The molecule has 0 fully saturated rings. The van der Waals surface area contributed by atoms with Crippen molar-refractivity contribution in [1.29, 1.82) is 0 Å². The summed E-state index contributed by atoms with van der Waals surface area (Å²) in [5.74, 6) is -0.766. The fraction of sp³-hybridized carbons (Fsp3) is 0.364. The third kappa shape index (κ3) is 7.60. The molecule has 0 radical (unpaired) electrons. The number of sulfonamides is 1. The Bertz CT molecular complexity index is 1060. The van der Waals surface area contributed by atoms with Crippen molar-refractivity contribution < 1.29 is 18.0 Å². The molecule has 1 unspecified atom stereocenters. The van der Waals surface area contributed by atoms with Gasteiger partial charge in [0.1, 0.15) is 12.6 Å². The zero-order valence-corrected chi connectivity index (χ0v) is 22.2.